The minimum absolute atomic E-state index is 0.0526. The van der Waals surface area contributed by atoms with Gasteiger partial charge in [0.15, 0.2) is 4.96 Å². The molecular weight excluding hydrogens is 356 g/mol. The van der Waals surface area contributed by atoms with Gasteiger partial charge in [0, 0.05) is 22.9 Å². The molecule has 0 bridgehead atoms. The molecule has 3 aromatic heterocycles. The first-order valence-electron chi connectivity index (χ1n) is 7.60. The van der Waals surface area contributed by atoms with Gasteiger partial charge >= 0.3 is 0 Å². The van der Waals surface area contributed by atoms with Crippen LogP contribution >= 0.6 is 23.1 Å². The molecule has 0 aliphatic heterocycles. The number of fused-ring (bicyclic) bond motifs is 1. The molecule has 25 heavy (non-hydrogen) atoms. The number of aryl methyl sites for hydroxylation is 1. The topological polar surface area (TPSA) is 78.0 Å². The van der Waals surface area contributed by atoms with Gasteiger partial charge in [0.25, 0.3) is 5.56 Å². The van der Waals surface area contributed by atoms with Crippen LogP contribution in [0.15, 0.2) is 51.7 Å². The highest BCUT2D eigenvalue weighted by Gasteiger charge is 2.11. The van der Waals surface area contributed by atoms with Crippen LogP contribution in [-0.2, 0) is 12.3 Å². The first-order valence-corrected chi connectivity index (χ1v) is 9.47. The summed E-state index contributed by atoms with van der Waals surface area (Å²) in [7, 11) is 0. The van der Waals surface area contributed by atoms with Gasteiger partial charge in [0.1, 0.15) is 0 Å². The van der Waals surface area contributed by atoms with Gasteiger partial charge in [-0.2, -0.15) is 0 Å². The van der Waals surface area contributed by atoms with Crippen LogP contribution in [0, 0.1) is 6.92 Å². The maximum absolute atomic E-state index is 12.2. The van der Waals surface area contributed by atoms with Crippen molar-refractivity contribution >= 4 is 28.1 Å². The van der Waals surface area contributed by atoms with Crippen molar-refractivity contribution in [1.82, 2.24) is 29.6 Å². The van der Waals surface area contributed by atoms with E-state index in [9.17, 15) is 4.79 Å². The molecule has 0 aliphatic rings. The summed E-state index contributed by atoms with van der Waals surface area (Å²) >= 11 is 2.94. The average molecular weight is 370 g/mol. The largest absolute Gasteiger partial charge is 0.269 e. The molecule has 0 spiro atoms. The zero-order valence-corrected chi connectivity index (χ0v) is 15.0. The summed E-state index contributed by atoms with van der Waals surface area (Å²) in [5.74, 6) is 0.540. The van der Waals surface area contributed by atoms with Crippen LogP contribution < -0.4 is 5.56 Å². The molecular formula is C16H14N6OS2. The summed E-state index contributed by atoms with van der Waals surface area (Å²) in [6.45, 7) is 2.51. The molecule has 9 heteroatoms. The summed E-state index contributed by atoms with van der Waals surface area (Å²) in [5.41, 5.74) is 2.71. The first kappa shape index (κ1) is 16.0. The Balaban J connectivity index is 1.52. The van der Waals surface area contributed by atoms with E-state index in [1.54, 1.807) is 15.1 Å². The van der Waals surface area contributed by atoms with Crippen molar-refractivity contribution in [2.75, 3.05) is 0 Å². The Kier molecular flexibility index (Phi) is 4.33. The lowest BCUT2D eigenvalue weighted by Gasteiger charge is -2.04. The van der Waals surface area contributed by atoms with Gasteiger partial charge in [0.2, 0.25) is 5.16 Å². The lowest BCUT2D eigenvalue weighted by atomic mass is 10.2. The lowest BCUT2D eigenvalue weighted by Crippen LogP contribution is -2.14. The summed E-state index contributed by atoms with van der Waals surface area (Å²) in [4.78, 5) is 17.5. The Morgan fingerprint density at radius 3 is 2.92 bits per heavy atom. The third-order valence-corrected chi connectivity index (χ3v) is 5.59. The van der Waals surface area contributed by atoms with Crippen LogP contribution in [0.2, 0.25) is 0 Å². The summed E-state index contributed by atoms with van der Waals surface area (Å²) in [6, 6.07) is 11.6. The van der Waals surface area contributed by atoms with Crippen molar-refractivity contribution in [2.24, 2.45) is 0 Å². The molecule has 1 aromatic carbocycles. The number of thioether (sulfide) groups is 1. The molecule has 0 radical (unpaired) electrons. The van der Waals surface area contributed by atoms with E-state index in [1.807, 2.05) is 42.6 Å². The second kappa shape index (κ2) is 6.77. The van der Waals surface area contributed by atoms with Crippen molar-refractivity contribution in [3.05, 3.63) is 69.1 Å². The molecule has 0 amide bonds. The Labute approximate surface area is 151 Å². The van der Waals surface area contributed by atoms with Crippen molar-refractivity contribution in [3.63, 3.8) is 0 Å². The molecule has 4 aromatic rings. The Morgan fingerprint density at radius 2 is 2.08 bits per heavy atom. The SMILES string of the molecule is Cc1csc2nc(CSc3nnnn3Cc3ccccc3)cc(=O)n12. The van der Waals surface area contributed by atoms with Crippen LogP contribution in [0.5, 0.6) is 0 Å². The predicted octanol–water partition coefficient (Wildman–Crippen LogP) is 2.39. The average Bonchev–Trinajstić information content (AvgIpc) is 3.21. The molecule has 126 valence electrons. The highest BCUT2D eigenvalue weighted by atomic mass is 32.2. The monoisotopic (exact) mass is 370 g/mol. The summed E-state index contributed by atoms with van der Waals surface area (Å²) in [5, 5.41) is 14.5. The number of rotatable bonds is 5. The van der Waals surface area contributed by atoms with Crippen molar-refractivity contribution in [3.8, 4) is 0 Å². The molecule has 7 nitrogen and oxygen atoms in total. The minimum Gasteiger partial charge on any atom is -0.269 e. The Bertz CT molecular complexity index is 1070. The summed E-state index contributed by atoms with van der Waals surface area (Å²) < 4.78 is 3.37. The van der Waals surface area contributed by atoms with E-state index in [-0.39, 0.29) is 5.56 Å². The third kappa shape index (κ3) is 3.33. The van der Waals surface area contributed by atoms with E-state index in [2.05, 4.69) is 20.5 Å². The predicted molar refractivity (Wildman–Crippen MR) is 97.0 cm³/mol. The van der Waals surface area contributed by atoms with Gasteiger partial charge in [-0.15, -0.1) is 16.4 Å². The van der Waals surface area contributed by atoms with Crippen LogP contribution in [-0.4, -0.2) is 29.6 Å². The van der Waals surface area contributed by atoms with E-state index in [4.69, 9.17) is 0 Å². The number of benzene rings is 1. The van der Waals surface area contributed by atoms with E-state index in [0.29, 0.717) is 22.4 Å². The fourth-order valence-electron chi connectivity index (χ4n) is 2.47. The van der Waals surface area contributed by atoms with Gasteiger partial charge < -0.3 is 0 Å². The highest BCUT2D eigenvalue weighted by Crippen LogP contribution is 2.20. The van der Waals surface area contributed by atoms with Gasteiger partial charge in [-0.1, -0.05) is 42.1 Å². The number of hydrogen-bond donors (Lipinski definition) is 0. The van der Waals surface area contributed by atoms with Crippen molar-refractivity contribution in [1.29, 1.82) is 0 Å². The molecule has 0 unspecified atom stereocenters. The maximum atomic E-state index is 12.2. The molecule has 3 heterocycles. The molecule has 0 aliphatic carbocycles. The van der Waals surface area contributed by atoms with E-state index in [1.165, 1.54) is 23.1 Å². The standard InChI is InChI=1S/C16H14N6OS2/c1-11-9-24-15-17-13(7-14(23)22(11)15)10-25-16-18-19-20-21(16)8-12-5-3-2-4-6-12/h2-7,9H,8,10H2,1H3. The van der Waals surface area contributed by atoms with Crippen molar-refractivity contribution < 1.29 is 0 Å². The fourth-order valence-corrected chi connectivity index (χ4v) is 4.13. The van der Waals surface area contributed by atoms with E-state index in [0.717, 1.165) is 17.0 Å². The van der Waals surface area contributed by atoms with Gasteiger partial charge in [-0.25, -0.2) is 9.67 Å². The number of tetrazole rings is 1. The lowest BCUT2D eigenvalue weighted by molar-refractivity contribution is 0.603. The van der Waals surface area contributed by atoms with Gasteiger partial charge in [-0.3, -0.25) is 9.20 Å². The molecule has 0 atom stereocenters. The zero-order chi connectivity index (χ0) is 17.2. The van der Waals surface area contributed by atoms with Gasteiger partial charge in [0.05, 0.1) is 12.2 Å². The van der Waals surface area contributed by atoms with Crippen LogP contribution in [0.1, 0.15) is 17.0 Å². The third-order valence-electron chi connectivity index (χ3n) is 3.65. The second-order valence-corrected chi connectivity index (χ2v) is 7.25. The number of thiazole rings is 1. The molecule has 0 N–H and O–H groups in total. The fraction of sp³-hybridized carbons (Fsp3) is 0.188. The quantitative estimate of drug-likeness (QED) is 0.502. The Morgan fingerprint density at radius 1 is 1.24 bits per heavy atom. The molecule has 0 saturated heterocycles. The Hall–Kier alpha value is -2.52. The zero-order valence-electron chi connectivity index (χ0n) is 13.4. The minimum atomic E-state index is -0.0526. The molecule has 0 fully saturated rings. The van der Waals surface area contributed by atoms with Crippen molar-refractivity contribution in [2.45, 2.75) is 24.4 Å². The second-order valence-electron chi connectivity index (χ2n) is 5.47. The highest BCUT2D eigenvalue weighted by molar-refractivity contribution is 7.98. The number of hydrogen-bond acceptors (Lipinski definition) is 7. The first-order chi connectivity index (χ1) is 12.2. The van der Waals surface area contributed by atoms with Crippen LogP contribution in [0.3, 0.4) is 0 Å². The van der Waals surface area contributed by atoms with Crippen LogP contribution in [0.25, 0.3) is 4.96 Å². The molecule has 0 saturated carbocycles. The van der Waals surface area contributed by atoms with Crippen LogP contribution in [0.4, 0.5) is 0 Å². The normalized spacial score (nSPS) is 11.2. The number of aromatic nitrogens is 6. The number of nitrogens with zero attached hydrogens (tertiary/aromatic N) is 6. The maximum Gasteiger partial charge on any atom is 0.258 e. The van der Waals surface area contributed by atoms with E-state index >= 15 is 0 Å². The summed E-state index contributed by atoms with van der Waals surface area (Å²) in [6.07, 6.45) is 0. The smallest absolute Gasteiger partial charge is 0.258 e. The molecule has 4 rings (SSSR count). The van der Waals surface area contributed by atoms with E-state index < -0.39 is 0 Å². The van der Waals surface area contributed by atoms with Gasteiger partial charge in [-0.05, 0) is 22.9 Å².